The van der Waals surface area contributed by atoms with Crippen molar-refractivity contribution in [3.05, 3.63) is 17.8 Å². The van der Waals surface area contributed by atoms with Crippen LogP contribution in [-0.4, -0.2) is 4.98 Å². The molecule has 0 aromatic carbocycles. The third-order valence-corrected chi connectivity index (χ3v) is 6.25. The van der Waals surface area contributed by atoms with Crippen LogP contribution in [0.4, 0.5) is 0 Å². The molecule has 4 aliphatic carbocycles. The molecule has 0 saturated heterocycles. The van der Waals surface area contributed by atoms with Crippen molar-refractivity contribution in [1.82, 2.24) is 4.98 Å². The molecule has 21 heavy (non-hydrogen) atoms. The van der Waals surface area contributed by atoms with E-state index in [4.69, 9.17) is 10.2 Å². The van der Waals surface area contributed by atoms with Crippen LogP contribution in [0.3, 0.4) is 0 Å². The van der Waals surface area contributed by atoms with Crippen LogP contribution in [0.1, 0.15) is 77.0 Å². The minimum atomic E-state index is -0.106. The Morgan fingerprint density at radius 2 is 1.90 bits per heavy atom. The third-order valence-electron chi connectivity index (χ3n) is 6.25. The van der Waals surface area contributed by atoms with Gasteiger partial charge in [-0.25, -0.2) is 4.98 Å². The van der Waals surface area contributed by atoms with E-state index in [1.807, 2.05) is 13.1 Å². The van der Waals surface area contributed by atoms with Gasteiger partial charge in [0.2, 0.25) is 5.89 Å². The van der Waals surface area contributed by atoms with Gasteiger partial charge in [0.25, 0.3) is 0 Å². The number of nitrogens with two attached hydrogens (primary N) is 1. The molecule has 3 unspecified atom stereocenters. The molecule has 0 radical (unpaired) electrons. The molecular formula is C18H28N2O. The van der Waals surface area contributed by atoms with Crippen molar-refractivity contribution in [3.8, 4) is 0 Å². The van der Waals surface area contributed by atoms with Crippen molar-refractivity contribution >= 4 is 0 Å². The monoisotopic (exact) mass is 288 g/mol. The van der Waals surface area contributed by atoms with Crippen LogP contribution in [0.5, 0.6) is 0 Å². The van der Waals surface area contributed by atoms with E-state index in [0.717, 1.165) is 18.1 Å². The van der Waals surface area contributed by atoms with Crippen LogP contribution in [0.25, 0.3) is 0 Å². The molecule has 0 amide bonds. The summed E-state index contributed by atoms with van der Waals surface area (Å²) in [5, 5.41) is 0. The molecule has 1 heterocycles. The number of hydrogen-bond acceptors (Lipinski definition) is 3. The summed E-state index contributed by atoms with van der Waals surface area (Å²) in [6, 6.07) is -0.106. The van der Waals surface area contributed by atoms with Gasteiger partial charge in [-0.05, 0) is 67.6 Å². The maximum atomic E-state index is 5.91. The number of nitrogens with zero attached hydrogens (tertiary/aromatic N) is 1. The Morgan fingerprint density at radius 1 is 1.24 bits per heavy atom. The lowest BCUT2D eigenvalue weighted by atomic mass is 9.40. The second-order valence-electron chi connectivity index (χ2n) is 9.26. The Hall–Kier alpha value is -0.830. The average Bonchev–Trinajstić information content (AvgIpc) is 2.71. The lowest BCUT2D eigenvalue weighted by Crippen LogP contribution is -2.55. The SMILES string of the molecule is CC(N)c1ncc(CC23CC4CC(C)(CC(C)(C4)C2)C3)o1. The fourth-order valence-corrected chi connectivity index (χ4v) is 6.87. The molecule has 3 atom stereocenters. The largest absolute Gasteiger partial charge is 0.444 e. The summed E-state index contributed by atoms with van der Waals surface area (Å²) in [6.07, 6.45) is 11.5. The van der Waals surface area contributed by atoms with Gasteiger partial charge in [0.1, 0.15) is 5.76 Å². The van der Waals surface area contributed by atoms with E-state index in [2.05, 4.69) is 18.8 Å². The van der Waals surface area contributed by atoms with E-state index < -0.39 is 0 Å². The Labute approximate surface area is 127 Å². The van der Waals surface area contributed by atoms with Crippen molar-refractivity contribution in [3.63, 3.8) is 0 Å². The first kappa shape index (κ1) is 13.8. The van der Waals surface area contributed by atoms with Gasteiger partial charge in [0, 0.05) is 6.42 Å². The normalized spacial score (nSPS) is 46.0. The maximum absolute atomic E-state index is 5.91. The average molecular weight is 288 g/mol. The van der Waals surface area contributed by atoms with Gasteiger partial charge in [-0.1, -0.05) is 13.8 Å². The molecule has 1 aromatic heterocycles. The second kappa shape index (κ2) is 4.13. The smallest absolute Gasteiger partial charge is 0.210 e. The van der Waals surface area contributed by atoms with Crippen LogP contribution in [0, 0.1) is 22.2 Å². The van der Waals surface area contributed by atoms with Crippen molar-refractivity contribution < 1.29 is 4.42 Å². The Morgan fingerprint density at radius 3 is 2.43 bits per heavy atom. The molecule has 2 N–H and O–H groups in total. The van der Waals surface area contributed by atoms with E-state index in [0.29, 0.717) is 22.1 Å². The molecular weight excluding hydrogens is 260 g/mol. The number of aromatic nitrogens is 1. The molecule has 3 nitrogen and oxygen atoms in total. The van der Waals surface area contributed by atoms with Crippen molar-refractivity contribution in [2.24, 2.45) is 27.9 Å². The topological polar surface area (TPSA) is 52.0 Å². The Balaban J connectivity index is 1.62. The van der Waals surface area contributed by atoms with Crippen LogP contribution >= 0.6 is 0 Å². The van der Waals surface area contributed by atoms with Gasteiger partial charge in [-0.15, -0.1) is 0 Å². The first-order valence-corrected chi connectivity index (χ1v) is 8.49. The fourth-order valence-electron chi connectivity index (χ4n) is 6.87. The number of oxazole rings is 1. The molecule has 0 spiro atoms. The highest BCUT2D eigenvalue weighted by molar-refractivity contribution is 5.13. The molecule has 0 aliphatic heterocycles. The molecule has 116 valence electrons. The third kappa shape index (κ3) is 2.25. The molecule has 4 fully saturated rings. The molecule has 4 aliphatic rings. The van der Waals surface area contributed by atoms with Crippen LogP contribution in [0.15, 0.2) is 10.6 Å². The fraction of sp³-hybridized carbons (Fsp3) is 0.833. The summed E-state index contributed by atoms with van der Waals surface area (Å²) < 4.78 is 5.91. The molecule has 5 rings (SSSR count). The first-order valence-electron chi connectivity index (χ1n) is 8.49. The molecule has 4 bridgehead atoms. The minimum absolute atomic E-state index is 0.106. The van der Waals surface area contributed by atoms with Crippen LogP contribution < -0.4 is 5.73 Å². The first-order chi connectivity index (χ1) is 9.79. The van der Waals surface area contributed by atoms with Gasteiger partial charge >= 0.3 is 0 Å². The summed E-state index contributed by atoms with van der Waals surface area (Å²) >= 11 is 0. The second-order valence-corrected chi connectivity index (χ2v) is 9.26. The standard InChI is InChI=1S/C18H28N2O/c1-12(19)15-20-8-14(21-15)7-18-6-13-4-16(2,10-18)9-17(3,5-13)11-18/h8,12-13H,4-7,9-11,19H2,1-3H3. The van der Waals surface area contributed by atoms with Gasteiger partial charge < -0.3 is 10.2 Å². The molecule has 4 saturated carbocycles. The molecule has 1 aromatic rings. The van der Waals surface area contributed by atoms with Gasteiger partial charge in [-0.2, -0.15) is 0 Å². The Kier molecular flexibility index (Phi) is 2.71. The van der Waals surface area contributed by atoms with Crippen molar-refractivity contribution in [1.29, 1.82) is 0 Å². The van der Waals surface area contributed by atoms with Crippen molar-refractivity contribution in [2.45, 2.75) is 71.8 Å². The van der Waals surface area contributed by atoms with Gasteiger partial charge in [0.05, 0.1) is 12.2 Å². The molecule has 3 heteroatoms. The van der Waals surface area contributed by atoms with Gasteiger partial charge in [0.15, 0.2) is 0 Å². The van der Waals surface area contributed by atoms with Gasteiger partial charge in [-0.3, -0.25) is 0 Å². The quantitative estimate of drug-likeness (QED) is 0.905. The highest BCUT2D eigenvalue weighted by Gasteiger charge is 2.60. The highest BCUT2D eigenvalue weighted by atomic mass is 16.4. The van der Waals surface area contributed by atoms with E-state index in [-0.39, 0.29) is 6.04 Å². The van der Waals surface area contributed by atoms with Crippen molar-refractivity contribution in [2.75, 3.05) is 0 Å². The number of rotatable bonds is 3. The lowest BCUT2D eigenvalue weighted by Gasteiger charge is -2.65. The van der Waals surface area contributed by atoms with Crippen LogP contribution in [-0.2, 0) is 6.42 Å². The Bertz CT molecular complexity index is 543. The van der Waals surface area contributed by atoms with Crippen LogP contribution in [0.2, 0.25) is 0 Å². The highest BCUT2D eigenvalue weighted by Crippen LogP contribution is 2.70. The summed E-state index contributed by atoms with van der Waals surface area (Å²) in [5.41, 5.74) is 7.46. The maximum Gasteiger partial charge on any atom is 0.210 e. The minimum Gasteiger partial charge on any atom is -0.444 e. The zero-order valence-corrected chi connectivity index (χ0v) is 13.6. The summed E-state index contributed by atoms with van der Waals surface area (Å²) in [6.45, 7) is 6.99. The predicted molar refractivity (Wildman–Crippen MR) is 82.6 cm³/mol. The summed E-state index contributed by atoms with van der Waals surface area (Å²) in [7, 11) is 0. The zero-order valence-electron chi connectivity index (χ0n) is 13.6. The van der Waals surface area contributed by atoms with E-state index in [1.54, 1.807) is 0 Å². The van der Waals surface area contributed by atoms with E-state index >= 15 is 0 Å². The number of hydrogen-bond donors (Lipinski definition) is 1. The predicted octanol–water partition coefficient (Wildman–Crippen LogP) is 4.23. The summed E-state index contributed by atoms with van der Waals surface area (Å²) in [4.78, 5) is 4.36. The van der Waals surface area contributed by atoms with E-state index in [9.17, 15) is 0 Å². The zero-order chi connectivity index (χ0) is 14.9. The lowest BCUT2D eigenvalue weighted by molar-refractivity contribution is -0.145. The van der Waals surface area contributed by atoms with E-state index in [1.165, 1.54) is 38.5 Å². The summed E-state index contributed by atoms with van der Waals surface area (Å²) in [5.74, 6) is 2.68.